The number of rotatable bonds is 6. The van der Waals surface area contributed by atoms with E-state index in [1.165, 1.54) is 12.1 Å². The zero-order chi connectivity index (χ0) is 19.7. The van der Waals surface area contributed by atoms with Gasteiger partial charge in [0, 0.05) is 35.0 Å². The summed E-state index contributed by atoms with van der Waals surface area (Å²) in [4.78, 5) is 20.1. The van der Waals surface area contributed by atoms with E-state index in [4.69, 9.17) is 9.84 Å². The van der Waals surface area contributed by atoms with Crippen molar-refractivity contribution in [3.05, 3.63) is 46.8 Å². The highest BCUT2D eigenvalue weighted by atomic mass is 32.2. The quantitative estimate of drug-likeness (QED) is 0.653. The van der Waals surface area contributed by atoms with Crippen molar-refractivity contribution in [2.75, 3.05) is 7.11 Å². The first-order chi connectivity index (χ1) is 12.9. The molecule has 0 spiro atoms. The van der Waals surface area contributed by atoms with Crippen LogP contribution in [0.15, 0.2) is 29.6 Å². The summed E-state index contributed by atoms with van der Waals surface area (Å²) >= 11 is -1.44. The highest BCUT2D eigenvalue weighted by Crippen LogP contribution is 2.28. The van der Waals surface area contributed by atoms with Crippen LogP contribution >= 0.6 is 0 Å². The first kappa shape index (κ1) is 19.2. The van der Waals surface area contributed by atoms with Gasteiger partial charge in [-0.2, -0.15) is 4.98 Å². The fourth-order valence-electron chi connectivity index (χ4n) is 3.13. The maximum absolute atomic E-state index is 13.0. The van der Waals surface area contributed by atoms with Crippen molar-refractivity contribution in [2.45, 2.75) is 38.2 Å². The molecule has 0 bridgehead atoms. The van der Waals surface area contributed by atoms with E-state index in [1.807, 2.05) is 25.3 Å². The Morgan fingerprint density at radius 3 is 2.74 bits per heavy atom. The van der Waals surface area contributed by atoms with E-state index < -0.39 is 17.1 Å². The van der Waals surface area contributed by atoms with E-state index in [0.29, 0.717) is 22.9 Å². The van der Waals surface area contributed by atoms with Gasteiger partial charge < -0.3 is 14.4 Å². The molecular weight excluding hydrogens is 366 g/mol. The van der Waals surface area contributed by atoms with Crippen LogP contribution in [0.25, 0.3) is 11.0 Å². The number of fused-ring (bicyclic) bond motifs is 1. The molecule has 0 fully saturated rings. The molecule has 27 heavy (non-hydrogen) atoms. The number of ether oxygens (including phenoxy) is 1. The molecule has 8 heteroatoms. The van der Waals surface area contributed by atoms with Crippen LogP contribution in [0.4, 0.5) is 0 Å². The van der Waals surface area contributed by atoms with Crippen LogP contribution in [-0.4, -0.2) is 37.3 Å². The lowest BCUT2D eigenvalue weighted by Gasteiger charge is -2.14. The smallest absolute Gasteiger partial charge is 0.335 e. The summed E-state index contributed by atoms with van der Waals surface area (Å²) in [7, 11) is 1.60. The average Bonchev–Trinajstić information content (AvgIpc) is 3.02. The predicted octanol–water partition coefficient (Wildman–Crippen LogP) is 3.08. The molecule has 0 saturated carbocycles. The molecule has 0 radical (unpaired) electrons. The second-order valence-corrected chi connectivity index (χ2v) is 7.53. The van der Waals surface area contributed by atoms with Gasteiger partial charge in [-0.25, -0.2) is 4.79 Å². The number of benzene rings is 1. The van der Waals surface area contributed by atoms with Crippen molar-refractivity contribution in [1.82, 2.24) is 14.5 Å². The number of aromatic carboxylic acids is 1. The molecule has 0 aliphatic heterocycles. The average molecular weight is 387 g/mol. The zero-order valence-corrected chi connectivity index (χ0v) is 16.5. The number of imidazole rings is 1. The molecule has 0 saturated heterocycles. The van der Waals surface area contributed by atoms with Crippen LogP contribution in [0.3, 0.4) is 0 Å². The monoisotopic (exact) mass is 387 g/mol. The van der Waals surface area contributed by atoms with Crippen LogP contribution in [0.1, 0.15) is 34.1 Å². The number of hydrogen-bond acceptors (Lipinski definition) is 5. The molecule has 1 aromatic carbocycles. The SMILES string of the molecule is CCn1c([S+]([O-])Cc2ncc(C)c(OC)c2C)nc2cc(C(=O)O)ccc21. The highest BCUT2D eigenvalue weighted by Gasteiger charge is 2.24. The molecule has 3 rings (SSSR count). The van der Waals surface area contributed by atoms with E-state index in [1.54, 1.807) is 19.4 Å². The van der Waals surface area contributed by atoms with Crippen molar-refractivity contribution < 1.29 is 19.2 Å². The number of aromatic nitrogens is 3. The molecule has 1 N–H and O–H groups in total. The number of aryl methyl sites for hydroxylation is 2. The maximum Gasteiger partial charge on any atom is 0.335 e. The summed E-state index contributed by atoms with van der Waals surface area (Å²) in [6, 6.07) is 4.74. The van der Waals surface area contributed by atoms with E-state index >= 15 is 0 Å². The minimum Gasteiger partial charge on any atom is -0.609 e. The summed E-state index contributed by atoms with van der Waals surface area (Å²) in [6.07, 6.45) is 1.71. The van der Waals surface area contributed by atoms with Gasteiger partial charge in [0.1, 0.15) is 5.75 Å². The fourth-order valence-corrected chi connectivity index (χ4v) is 4.47. The first-order valence-corrected chi connectivity index (χ1v) is 9.80. The van der Waals surface area contributed by atoms with Crippen LogP contribution in [0.5, 0.6) is 5.75 Å². The van der Waals surface area contributed by atoms with Gasteiger partial charge >= 0.3 is 11.1 Å². The van der Waals surface area contributed by atoms with Crippen LogP contribution in [-0.2, 0) is 23.5 Å². The van der Waals surface area contributed by atoms with Gasteiger partial charge in [-0.3, -0.25) is 9.55 Å². The van der Waals surface area contributed by atoms with E-state index in [0.717, 1.165) is 22.4 Å². The van der Waals surface area contributed by atoms with Crippen molar-refractivity contribution in [3.63, 3.8) is 0 Å². The molecular formula is C19H21N3O4S. The van der Waals surface area contributed by atoms with Crippen molar-refractivity contribution in [2.24, 2.45) is 0 Å². The van der Waals surface area contributed by atoms with E-state index in [9.17, 15) is 9.35 Å². The second kappa shape index (κ2) is 7.58. The minimum atomic E-state index is -1.44. The summed E-state index contributed by atoms with van der Waals surface area (Å²) in [5.74, 6) is -0.0679. The molecule has 1 atom stereocenters. The molecule has 1 unspecified atom stereocenters. The van der Waals surface area contributed by atoms with Gasteiger partial charge in [-0.1, -0.05) is 0 Å². The maximum atomic E-state index is 13.0. The predicted molar refractivity (Wildman–Crippen MR) is 103 cm³/mol. The number of hydrogen-bond donors (Lipinski definition) is 1. The molecule has 3 aromatic rings. The lowest BCUT2D eigenvalue weighted by Crippen LogP contribution is -2.14. The Balaban J connectivity index is 2.00. The largest absolute Gasteiger partial charge is 0.609 e. The number of carboxylic acid groups (broad SMARTS) is 1. The Morgan fingerprint density at radius 2 is 2.11 bits per heavy atom. The molecule has 0 aliphatic rings. The second-order valence-electron chi connectivity index (χ2n) is 6.18. The van der Waals surface area contributed by atoms with E-state index in [-0.39, 0.29) is 11.3 Å². The first-order valence-electron chi connectivity index (χ1n) is 8.48. The Morgan fingerprint density at radius 1 is 1.37 bits per heavy atom. The molecule has 142 valence electrons. The number of carboxylic acids is 1. The molecule has 0 amide bonds. The Labute approximate surface area is 160 Å². The normalized spacial score (nSPS) is 12.3. The van der Waals surface area contributed by atoms with Gasteiger partial charge in [-0.05, 0) is 39.0 Å². The van der Waals surface area contributed by atoms with Crippen molar-refractivity contribution in [1.29, 1.82) is 0 Å². The number of pyridine rings is 1. The van der Waals surface area contributed by atoms with Crippen LogP contribution < -0.4 is 4.74 Å². The fraction of sp³-hybridized carbons (Fsp3) is 0.316. The van der Waals surface area contributed by atoms with Gasteiger partial charge in [0.05, 0.1) is 29.4 Å². The summed E-state index contributed by atoms with van der Waals surface area (Å²) in [5, 5.41) is 9.58. The van der Waals surface area contributed by atoms with Gasteiger partial charge in [0.25, 0.3) is 0 Å². The molecule has 7 nitrogen and oxygen atoms in total. The number of nitrogens with zero attached hydrogens (tertiary/aromatic N) is 3. The van der Waals surface area contributed by atoms with Gasteiger partial charge in [0.15, 0.2) is 5.75 Å². The van der Waals surface area contributed by atoms with Gasteiger partial charge in [-0.15, -0.1) is 0 Å². The van der Waals surface area contributed by atoms with E-state index in [2.05, 4.69) is 9.97 Å². The number of carbonyl (C=O) groups is 1. The third-order valence-corrected chi connectivity index (χ3v) is 5.75. The Hall–Kier alpha value is -2.58. The zero-order valence-electron chi connectivity index (χ0n) is 15.6. The lowest BCUT2D eigenvalue weighted by molar-refractivity contribution is 0.0697. The Kier molecular flexibility index (Phi) is 5.38. The third kappa shape index (κ3) is 3.50. The molecule has 0 aliphatic carbocycles. The topological polar surface area (TPSA) is 100 Å². The minimum absolute atomic E-state index is 0.154. The van der Waals surface area contributed by atoms with Crippen molar-refractivity contribution in [3.8, 4) is 5.75 Å². The standard InChI is InChI=1S/C19H21N3O4S/c1-5-22-16-7-6-13(18(23)24)8-14(16)21-19(22)27(25)10-15-12(3)17(26-4)11(2)9-20-15/h6-9H,5,10H2,1-4H3,(H,23,24). The summed E-state index contributed by atoms with van der Waals surface area (Å²) in [6.45, 7) is 6.32. The number of methoxy groups -OCH3 is 1. The highest BCUT2D eigenvalue weighted by molar-refractivity contribution is 7.90. The third-order valence-electron chi connectivity index (χ3n) is 4.50. The van der Waals surface area contributed by atoms with Crippen LogP contribution in [0.2, 0.25) is 0 Å². The molecule has 2 aromatic heterocycles. The summed E-state index contributed by atoms with van der Waals surface area (Å²) < 4.78 is 20.3. The van der Waals surface area contributed by atoms with Crippen LogP contribution in [0, 0.1) is 13.8 Å². The molecule has 2 heterocycles. The van der Waals surface area contributed by atoms with Gasteiger partial charge in [0.2, 0.25) is 0 Å². The van der Waals surface area contributed by atoms with Crippen molar-refractivity contribution >= 4 is 28.2 Å². The summed E-state index contributed by atoms with van der Waals surface area (Å²) in [5.41, 5.74) is 3.91. The Bertz CT molecular complexity index is 1020. The lowest BCUT2D eigenvalue weighted by atomic mass is 10.1.